The van der Waals surface area contributed by atoms with Crippen LogP contribution in [0.3, 0.4) is 0 Å². The Balaban J connectivity index is 3.34. The van der Waals surface area contributed by atoms with E-state index in [1.165, 1.54) is 6.07 Å². The summed E-state index contributed by atoms with van der Waals surface area (Å²) < 4.78 is 13.5. The normalized spacial score (nSPS) is 12.5. The molecule has 1 aromatic rings. The predicted octanol–water partition coefficient (Wildman–Crippen LogP) is 2.87. The van der Waals surface area contributed by atoms with Gasteiger partial charge in [0.05, 0.1) is 10.4 Å². The molecular weight excluding hydrogens is 267 g/mol. The number of aromatic hydroxyl groups is 1. The summed E-state index contributed by atoms with van der Waals surface area (Å²) in [6.45, 7) is 1.65. The molecule has 1 aromatic carbocycles. The third kappa shape index (κ3) is 2.28. The van der Waals surface area contributed by atoms with Crippen LogP contribution in [0.15, 0.2) is 16.6 Å². The van der Waals surface area contributed by atoms with Crippen LogP contribution in [0, 0.1) is 5.82 Å². The molecule has 0 fully saturated rings. The lowest BCUT2D eigenvalue weighted by Crippen LogP contribution is -2.13. The highest BCUT2D eigenvalue weighted by Gasteiger charge is 2.25. The van der Waals surface area contributed by atoms with Crippen LogP contribution in [-0.4, -0.2) is 16.2 Å². The molecule has 1 atom stereocenters. The van der Waals surface area contributed by atoms with E-state index < -0.39 is 17.7 Å². The molecule has 0 aliphatic heterocycles. The average molecular weight is 277 g/mol. The molecule has 0 aliphatic rings. The second-order valence-corrected chi connectivity index (χ2v) is 3.89. The Kier molecular flexibility index (Phi) is 3.68. The summed E-state index contributed by atoms with van der Waals surface area (Å²) in [4.78, 5) is 10.9. The van der Waals surface area contributed by atoms with Crippen LogP contribution >= 0.6 is 15.9 Å². The maximum atomic E-state index is 13.4. The minimum atomic E-state index is -1.11. The number of benzene rings is 1. The second-order valence-electron chi connectivity index (χ2n) is 3.09. The molecule has 0 heterocycles. The van der Waals surface area contributed by atoms with E-state index in [0.29, 0.717) is 0 Å². The molecule has 0 radical (unpaired) electrons. The number of carbonyl (C=O) groups is 1. The molecule has 0 aromatic heterocycles. The first-order valence-electron chi connectivity index (χ1n) is 4.38. The maximum absolute atomic E-state index is 13.4. The van der Waals surface area contributed by atoms with Crippen molar-refractivity contribution in [2.24, 2.45) is 0 Å². The van der Waals surface area contributed by atoms with Crippen LogP contribution in [-0.2, 0) is 4.79 Å². The molecule has 0 saturated heterocycles. The van der Waals surface area contributed by atoms with Crippen LogP contribution in [0.5, 0.6) is 5.75 Å². The molecule has 0 amide bonds. The summed E-state index contributed by atoms with van der Waals surface area (Å²) in [5.74, 6) is -2.85. The van der Waals surface area contributed by atoms with E-state index in [1.54, 1.807) is 6.92 Å². The standard InChI is InChI=1S/C10H10BrFO3/c1-2-5(10(14)15)8-6(12)3-4-7(13)9(8)11/h3-5,13H,2H2,1H3,(H,14,15). The lowest BCUT2D eigenvalue weighted by Gasteiger charge is -2.13. The van der Waals surface area contributed by atoms with Gasteiger partial charge < -0.3 is 10.2 Å². The Hall–Kier alpha value is -1.10. The second kappa shape index (κ2) is 4.61. The van der Waals surface area contributed by atoms with Crippen LogP contribution in [0.25, 0.3) is 0 Å². The Morgan fingerprint density at radius 2 is 2.20 bits per heavy atom. The van der Waals surface area contributed by atoms with Crippen LogP contribution in [0.2, 0.25) is 0 Å². The Morgan fingerprint density at radius 1 is 1.60 bits per heavy atom. The third-order valence-electron chi connectivity index (χ3n) is 2.16. The fourth-order valence-corrected chi connectivity index (χ4v) is 1.98. The van der Waals surface area contributed by atoms with Crippen LogP contribution in [0.4, 0.5) is 4.39 Å². The molecular formula is C10H10BrFO3. The van der Waals surface area contributed by atoms with Crippen molar-refractivity contribution < 1.29 is 19.4 Å². The van der Waals surface area contributed by atoms with Crippen molar-refractivity contribution in [3.63, 3.8) is 0 Å². The van der Waals surface area contributed by atoms with Crippen LogP contribution in [0.1, 0.15) is 24.8 Å². The number of rotatable bonds is 3. The first-order valence-corrected chi connectivity index (χ1v) is 5.18. The number of halogens is 2. The van der Waals surface area contributed by atoms with E-state index in [4.69, 9.17) is 5.11 Å². The summed E-state index contributed by atoms with van der Waals surface area (Å²) >= 11 is 2.99. The van der Waals surface area contributed by atoms with E-state index in [0.717, 1.165) is 6.07 Å². The minimum Gasteiger partial charge on any atom is -0.507 e. The summed E-state index contributed by atoms with van der Waals surface area (Å²) in [6, 6.07) is 2.23. The molecule has 1 rings (SSSR count). The molecule has 2 N–H and O–H groups in total. The van der Waals surface area contributed by atoms with E-state index in [9.17, 15) is 14.3 Å². The predicted molar refractivity (Wildman–Crippen MR) is 56.4 cm³/mol. The van der Waals surface area contributed by atoms with E-state index in [1.807, 2.05) is 0 Å². The summed E-state index contributed by atoms with van der Waals surface area (Å²) in [7, 11) is 0. The van der Waals surface area contributed by atoms with Gasteiger partial charge in [0.2, 0.25) is 0 Å². The van der Waals surface area contributed by atoms with Crippen molar-refractivity contribution >= 4 is 21.9 Å². The van der Waals surface area contributed by atoms with E-state index in [-0.39, 0.29) is 22.2 Å². The van der Waals surface area contributed by atoms with Gasteiger partial charge in [-0.3, -0.25) is 4.79 Å². The molecule has 15 heavy (non-hydrogen) atoms. The quantitative estimate of drug-likeness (QED) is 0.893. The van der Waals surface area contributed by atoms with E-state index in [2.05, 4.69) is 15.9 Å². The highest BCUT2D eigenvalue weighted by atomic mass is 79.9. The number of aliphatic carboxylic acids is 1. The Labute approximate surface area is 94.7 Å². The topological polar surface area (TPSA) is 57.5 Å². The van der Waals surface area contributed by atoms with Crippen LogP contribution < -0.4 is 0 Å². The number of carboxylic acids is 1. The lowest BCUT2D eigenvalue weighted by atomic mass is 9.96. The highest BCUT2D eigenvalue weighted by Crippen LogP contribution is 2.35. The number of phenolic OH excluding ortho intramolecular Hbond substituents is 1. The van der Waals surface area contributed by atoms with Gasteiger partial charge >= 0.3 is 5.97 Å². The van der Waals surface area contributed by atoms with Gasteiger partial charge in [-0.1, -0.05) is 6.92 Å². The largest absolute Gasteiger partial charge is 0.507 e. The van der Waals surface area contributed by atoms with Crippen molar-refractivity contribution in [3.05, 3.63) is 28.0 Å². The molecule has 0 saturated carbocycles. The SMILES string of the molecule is CCC(C(=O)O)c1c(F)ccc(O)c1Br. The fourth-order valence-electron chi connectivity index (χ4n) is 1.38. The first kappa shape index (κ1) is 12.0. The molecule has 5 heteroatoms. The van der Waals surface area contributed by atoms with Crippen molar-refractivity contribution in [1.82, 2.24) is 0 Å². The van der Waals surface area contributed by atoms with Crippen molar-refractivity contribution in [2.75, 3.05) is 0 Å². The van der Waals surface area contributed by atoms with Crippen molar-refractivity contribution in [3.8, 4) is 5.75 Å². The summed E-state index contributed by atoms with van der Waals surface area (Å²) in [6.07, 6.45) is 0.258. The zero-order valence-corrected chi connectivity index (χ0v) is 9.58. The number of carboxylic acid groups (broad SMARTS) is 1. The first-order chi connectivity index (χ1) is 6.99. The maximum Gasteiger partial charge on any atom is 0.311 e. The smallest absolute Gasteiger partial charge is 0.311 e. The average Bonchev–Trinajstić information content (AvgIpc) is 2.18. The molecule has 1 unspecified atom stereocenters. The van der Waals surface area contributed by atoms with Gasteiger partial charge in [-0.2, -0.15) is 0 Å². The van der Waals surface area contributed by atoms with Gasteiger partial charge in [0.25, 0.3) is 0 Å². The monoisotopic (exact) mass is 276 g/mol. The van der Waals surface area contributed by atoms with Gasteiger partial charge in [-0.05, 0) is 34.5 Å². The minimum absolute atomic E-state index is 0.00926. The van der Waals surface area contributed by atoms with Crippen molar-refractivity contribution in [2.45, 2.75) is 19.3 Å². The molecule has 0 spiro atoms. The Morgan fingerprint density at radius 3 is 2.67 bits per heavy atom. The molecule has 0 aliphatic carbocycles. The molecule has 3 nitrogen and oxygen atoms in total. The number of phenols is 1. The number of hydrogen-bond acceptors (Lipinski definition) is 2. The summed E-state index contributed by atoms with van der Waals surface area (Å²) in [5, 5.41) is 18.2. The van der Waals surface area contributed by atoms with Gasteiger partial charge in [-0.15, -0.1) is 0 Å². The zero-order valence-electron chi connectivity index (χ0n) is 8.00. The lowest BCUT2D eigenvalue weighted by molar-refractivity contribution is -0.138. The highest BCUT2D eigenvalue weighted by molar-refractivity contribution is 9.10. The van der Waals surface area contributed by atoms with Gasteiger partial charge in [-0.25, -0.2) is 4.39 Å². The van der Waals surface area contributed by atoms with Gasteiger partial charge in [0.15, 0.2) is 0 Å². The van der Waals surface area contributed by atoms with Gasteiger partial charge in [0.1, 0.15) is 11.6 Å². The zero-order chi connectivity index (χ0) is 11.6. The fraction of sp³-hybridized carbons (Fsp3) is 0.300. The third-order valence-corrected chi connectivity index (χ3v) is 2.99. The summed E-state index contributed by atoms with van der Waals surface area (Å²) in [5.41, 5.74) is -0.00926. The van der Waals surface area contributed by atoms with Crippen molar-refractivity contribution in [1.29, 1.82) is 0 Å². The molecule has 82 valence electrons. The van der Waals surface area contributed by atoms with Gasteiger partial charge in [0, 0.05) is 5.56 Å². The number of hydrogen-bond donors (Lipinski definition) is 2. The van der Waals surface area contributed by atoms with E-state index >= 15 is 0 Å². The Bertz CT molecular complexity index is 392. The molecule has 0 bridgehead atoms.